The molecule has 0 aromatic heterocycles. The van der Waals surface area contributed by atoms with Crippen molar-refractivity contribution in [3.63, 3.8) is 0 Å². The molecule has 1 aromatic rings. The summed E-state index contributed by atoms with van der Waals surface area (Å²) in [6.07, 6.45) is -4.09. The van der Waals surface area contributed by atoms with Crippen LogP contribution in [0.15, 0.2) is 18.2 Å². The summed E-state index contributed by atoms with van der Waals surface area (Å²) < 4.78 is 58.3. The zero-order chi connectivity index (χ0) is 15.7. The number of hydrogen-bond donors (Lipinski definition) is 1. The molecule has 0 aliphatic heterocycles. The number of rotatable bonds is 6. The van der Waals surface area contributed by atoms with Gasteiger partial charge in [0.1, 0.15) is 18.2 Å². The number of ether oxygens (including phenoxy) is 2. The topological polar surface area (TPSA) is 44.5 Å². The van der Waals surface area contributed by atoms with E-state index >= 15 is 0 Å². The largest absolute Gasteiger partial charge is 0.492 e. The van der Waals surface area contributed by atoms with Crippen LogP contribution in [0.1, 0.15) is 12.0 Å². The maximum absolute atomic E-state index is 13.1. The van der Waals surface area contributed by atoms with E-state index in [2.05, 4.69) is 16.6 Å². The summed E-state index contributed by atoms with van der Waals surface area (Å²) in [5, 5.41) is 0. The predicted octanol–water partition coefficient (Wildman–Crippen LogP) is 2.48. The molecule has 1 aromatic carbocycles. The molecule has 0 spiro atoms. The Labute approximate surface area is 120 Å². The van der Waals surface area contributed by atoms with Gasteiger partial charge in [-0.15, -0.1) is 0 Å². The second-order valence-electron chi connectivity index (χ2n) is 4.02. The molecule has 0 aliphatic rings. The molecule has 116 valence electrons. The molecular weight excluding hydrogens is 290 g/mol. The van der Waals surface area contributed by atoms with E-state index in [9.17, 15) is 17.6 Å². The number of alkyl halides is 3. The van der Waals surface area contributed by atoms with Crippen LogP contribution in [0.2, 0.25) is 0 Å². The van der Waals surface area contributed by atoms with Crippen LogP contribution >= 0.6 is 0 Å². The molecule has 0 saturated carbocycles. The summed E-state index contributed by atoms with van der Waals surface area (Å²) in [4.78, 5) is 0. The Bertz CT molecular complexity index is 506. The minimum atomic E-state index is -4.34. The fourth-order valence-electron chi connectivity index (χ4n) is 1.40. The van der Waals surface area contributed by atoms with Crippen molar-refractivity contribution in [2.45, 2.75) is 12.6 Å². The van der Waals surface area contributed by atoms with E-state index in [-0.39, 0.29) is 31.9 Å². The van der Waals surface area contributed by atoms with E-state index in [1.165, 1.54) is 12.1 Å². The molecule has 0 aliphatic carbocycles. The maximum Gasteiger partial charge on any atom is 0.411 e. The van der Waals surface area contributed by atoms with Gasteiger partial charge in [0.2, 0.25) is 0 Å². The number of hydrogen-bond acceptors (Lipinski definition) is 3. The smallest absolute Gasteiger partial charge is 0.411 e. The third-order valence-electron chi connectivity index (χ3n) is 2.23. The molecule has 0 bridgehead atoms. The first-order valence-corrected chi connectivity index (χ1v) is 6.18. The van der Waals surface area contributed by atoms with Gasteiger partial charge in [-0.2, -0.15) is 13.2 Å². The minimum absolute atomic E-state index is 0.0958. The Morgan fingerprint density at radius 1 is 1.19 bits per heavy atom. The van der Waals surface area contributed by atoms with E-state index in [4.69, 9.17) is 10.5 Å². The van der Waals surface area contributed by atoms with Crippen LogP contribution in [-0.4, -0.2) is 32.5 Å². The Hall–Kier alpha value is -1.78. The van der Waals surface area contributed by atoms with Crippen molar-refractivity contribution in [3.05, 3.63) is 29.6 Å². The fourth-order valence-corrected chi connectivity index (χ4v) is 1.40. The van der Waals surface area contributed by atoms with E-state index in [1.807, 2.05) is 0 Å². The summed E-state index contributed by atoms with van der Waals surface area (Å²) in [5.41, 5.74) is 5.72. The first kappa shape index (κ1) is 17.3. The van der Waals surface area contributed by atoms with Crippen LogP contribution in [0.5, 0.6) is 5.75 Å². The van der Waals surface area contributed by atoms with Crippen LogP contribution in [-0.2, 0) is 4.74 Å². The molecule has 0 amide bonds. The normalized spacial score (nSPS) is 10.9. The fraction of sp³-hybridized carbons (Fsp3) is 0.429. The lowest BCUT2D eigenvalue weighted by Gasteiger charge is -2.10. The number of nitrogens with two attached hydrogens (primary N) is 1. The highest BCUT2D eigenvalue weighted by atomic mass is 19.4. The highest BCUT2D eigenvalue weighted by Crippen LogP contribution is 2.19. The number of benzene rings is 1. The van der Waals surface area contributed by atoms with E-state index in [1.54, 1.807) is 0 Å². The Morgan fingerprint density at radius 2 is 1.95 bits per heavy atom. The van der Waals surface area contributed by atoms with Gasteiger partial charge < -0.3 is 15.2 Å². The van der Waals surface area contributed by atoms with Crippen molar-refractivity contribution in [1.82, 2.24) is 0 Å². The summed E-state index contributed by atoms with van der Waals surface area (Å²) >= 11 is 0. The van der Waals surface area contributed by atoms with Crippen molar-refractivity contribution < 1.29 is 27.0 Å². The molecule has 0 unspecified atom stereocenters. The summed E-state index contributed by atoms with van der Waals surface area (Å²) in [6.45, 7) is -1.14. The molecule has 1 rings (SSSR count). The summed E-state index contributed by atoms with van der Waals surface area (Å²) in [6, 6.07) is 3.85. The summed E-state index contributed by atoms with van der Waals surface area (Å²) in [5.74, 6) is 5.08. The van der Waals surface area contributed by atoms with E-state index in [0.717, 1.165) is 6.07 Å². The van der Waals surface area contributed by atoms with Gasteiger partial charge in [-0.25, -0.2) is 4.39 Å². The van der Waals surface area contributed by atoms with Gasteiger partial charge in [-0.1, -0.05) is 11.8 Å². The van der Waals surface area contributed by atoms with Crippen molar-refractivity contribution in [1.29, 1.82) is 0 Å². The Kier molecular flexibility index (Phi) is 6.99. The zero-order valence-corrected chi connectivity index (χ0v) is 11.2. The van der Waals surface area contributed by atoms with Gasteiger partial charge in [-0.05, 0) is 12.1 Å². The van der Waals surface area contributed by atoms with Crippen LogP contribution in [0, 0.1) is 17.7 Å². The monoisotopic (exact) mass is 305 g/mol. The van der Waals surface area contributed by atoms with Crippen molar-refractivity contribution in [2.75, 3.05) is 26.4 Å². The maximum atomic E-state index is 13.1. The van der Waals surface area contributed by atoms with Gasteiger partial charge in [0.25, 0.3) is 0 Å². The summed E-state index contributed by atoms with van der Waals surface area (Å²) in [7, 11) is 0. The lowest BCUT2D eigenvalue weighted by molar-refractivity contribution is -0.174. The predicted molar refractivity (Wildman–Crippen MR) is 69.3 cm³/mol. The lowest BCUT2D eigenvalue weighted by Crippen LogP contribution is -2.18. The van der Waals surface area contributed by atoms with Gasteiger partial charge in [0, 0.05) is 12.5 Å². The molecule has 7 heteroatoms. The average molecular weight is 305 g/mol. The van der Waals surface area contributed by atoms with Crippen molar-refractivity contribution in [3.8, 4) is 17.6 Å². The van der Waals surface area contributed by atoms with E-state index < -0.39 is 18.6 Å². The molecule has 0 saturated heterocycles. The molecule has 3 nitrogen and oxygen atoms in total. The van der Waals surface area contributed by atoms with Crippen LogP contribution in [0.25, 0.3) is 0 Å². The molecule has 2 N–H and O–H groups in total. The SMILES string of the molecule is NCC#Cc1ccc(F)cc1OCCCOCC(F)(F)F. The first-order valence-electron chi connectivity index (χ1n) is 6.18. The third kappa shape index (κ3) is 7.54. The van der Waals surface area contributed by atoms with Crippen LogP contribution in [0.3, 0.4) is 0 Å². The first-order chi connectivity index (χ1) is 9.92. The van der Waals surface area contributed by atoms with Crippen molar-refractivity contribution >= 4 is 0 Å². The number of halogens is 4. The quantitative estimate of drug-likeness (QED) is 0.499. The second kappa shape index (κ2) is 8.49. The highest BCUT2D eigenvalue weighted by molar-refractivity contribution is 5.46. The average Bonchev–Trinajstić information content (AvgIpc) is 2.40. The molecule has 0 radical (unpaired) electrons. The lowest BCUT2D eigenvalue weighted by atomic mass is 10.2. The second-order valence-corrected chi connectivity index (χ2v) is 4.02. The third-order valence-corrected chi connectivity index (χ3v) is 2.23. The molecule has 0 atom stereocenters. The van der Waals surface area contributed by atoms with Crippen molar-refractivity contribution in [2.24, 2.45) is 5.73 Å². The molecule has 0 heterocycles. The van der Waals surface area contributed by atoms with E-state index in [0.29, 0.717) is 5.56 Å². The van der Waals surface area contributed by atoms with Gasteiger partial charge in [-0.3, -0.25) is 0 Å². The Balaban J connectivity index is 2.42. The zero-order valence-electron chi connectivity index (χ0n) is 11.2. The van der Waals surface area contributed by atoms with Gasteiger partial charge in [0.15, 0.2) is 0 Å². The van der Waals surface area contributed by atoms with Gasteiger partial charge in [0.05, 0.1) is 25.3 Å². The molecule has 21 heavy (non-hydrogen) atoms. The van der Waals surface area contributed by atoms with Crippen LogP contribution in [0.4, 0.5) is 17.6 Å². The minimum Gasteiger partial charge on any atom is -0.492 e. The molecule has 0 fully saturated rings. The molecular formula is C14H15F4NO2. The highest BCUT2D eigenvalue weighted by Gasteiger charge is 2.27. The standard InChI is InChI=1S/C14H15F4NO2/c15-12-5-4-11(3-1-6-19)13(9-12)21-8-2-7-20-10-14(16,17)18/h4-5,9H,2,6-8,10,19H2. The van der Waals surface area contributed by atoms with Crippen LogP contribution < -0.4 is 10.5 Å². The Morgan fingerprint density at radius 3 is 2.62 bits per heavy atom. The van der Waals surface area contributed by atoms with Gasteiger partial charge >= 0.3 is 6.18 Å².